The van der Waals surface area contributed by atoms with Crippen LogP contribution in [0.3, 0.4) is 0 Å². The summed E-state index contributed by atoms with van der Waals surface area (Å²) in [4.78, 5) is 4.78. The van der Waals surface area contributed by atoms with Crippen molar-refractivity contribution < 1.29 is 8.83 Å². The number of nitrogens with zero attached hydrogens (tertiary/aromatic N) is 4. The number of anilines is 6. The minimum atomic E-state index is 0.421. The van der Waals surface area contributed by atoms with Crippen LogP contribution in [0.25, 0.3) is 120 Å². The van der Waals surface area contributed by atoms with E-state index in [4.69, 9.17) is 8.83 Å². The second-order valence-corrected chi connectivity index (χ2v) is 23.7. The molecule has 0 aliphatic rings. The Labute approximate surface area is 497 Å². The van der Waals surface area contributed by atoms with E-state index in [-0.39, 0.29) is 0 Å². The van der Waals surface area contributed by atoms with E-state index >= 15 is 0 Å². The van der Waals surface area contributed by atoms with E-state index in [1.807, 2.05) is 0 Å². The predicted molar refractivity (Wildman–Crippen MR) is 362 cm³/mol. The lowest BCUT2D eigenvalue weighted by Gasteiger charge is -2.26. The number of furan rings is 2. The number of fused-ring (bicyclic) bond motifs is 15. The highest BCUT2D eigenvalue weighted by molar-refractivity contribution is 6.28. The molecule has 0 spiro atoms. The first-order valence-electron chi connectivity index (χ1n) is 29.9. The molecule has 0 atom stereocenters. The Kier molecular flexibility index (Phi) is 11.2. The van der Waals surface area contributed by atoms with Gasteiger partial charge in [0.1, 0.15) is 22.3 Å². The third kappa shape index (κ3) is 7.86. The van der Waals surface area contributed by atoms with Crippen LogP contribution in [-0.4, -0.2) is 9.13 Å². The second kappa shape index (κ2) is 19.4. The summed E-state index contributed by atoms with van der Waals surface area (Å²) in [5.41, 5.74) is 19.4. The predicted octanol–water partition coefficient (Wildman–Crippen LogP) is 23.2. The molecule has 17 rings (SSSR count). The molecule has 0 saturated carbocycles. The Morgan fingerprint density at radius 3 is 1.05 bits per heavy atom. The molecule has 0 amide bonds. The number of para-hydroxylation sites is 4. The van der Waals surface area contributed by atoms with Gasteiger partial charge in [-0.05, 0) is 202 Å². The first kappa shape index (κ1) is 49.8. The van der Waals surface area contributed by atoms with Gasteiger partial charge in [-0.1, -0.05) is 137 Å². The molecule has 6 nitrogen and oxygen atoms in total. The van der Waals surface area contributed by atoms with Crippen LogP contribution >= 0.6 is 0 Å². The highest BCUT2D eigenvalue weighted by atomic mass is 16.3. The number of aromatic nitrogens is 2. The molecule has 0 N–H and O–H groups in total. The highest BCUT2D eigenvalue weighted by Crippen LogP contribution is 2.47. The van der Waals surface area contributed by atoms with Crippen LogP contribution in [0, 0.1) is 0 Å². The summed E-state index contributed by atoms with van der Waals surface area (Å²) < 4.78 is 18.5. The summed E-state index contributed by atoms with van der Waals surface area (Å²) in [5.74, 6) is 0.841. The SMILES string of the molecule is CC(C)c1ccc(N(c2ccc3cc4c(cc3c2)oc2ccc3oc5cc6cc(N(c7ccc(C(C)C)cc7)c7ccc8c(c7)c7ccccc7n8-c7ccccc7)ccc6cc5c3c24)c2ccc3c(c2)c2ccccc2n3-c2ccccc2)cc1. The van der Waals surface area contributed by atoms with E-state index in [1.165, 1.54) is 54.7 Å². The van der Waals surface area contributed by atoms with E-state index in [9.17, 15) is 0 Å². The molecule has 86 heavy (non-hydrogen) atoms. The Morgan fingerprint density at radius 1 is 0.267 bits per heavy atom. The average molecular weight is 1110 g/mol. The van der Waals surface area contributed by atoms with E-state index in [0.717, 1.165) is 111 Å². The molecule has 0 radical (unpaired) electrons. The fourth-order valence-corrected chi connectivity index (χ4v) is 13.7. The van der Waals surface area contributed by atoms with Gasteiger partial charge in [-0.3, -0.25) is 0 Å². The zero-order valence-electron chi connectivity index (χ0n) is 48.2. The van der Waals surface area contributed by atoms with Crippen molar-refractivity contribution >= 4 is 143 Å². The molecule has 0 aliphatic heterocycles. The van der Waals surface area contributed by atoms with Crippen LogP contribution in [0.4, 0.5) is 34.1 Å². The van der Waals surface area contributed by atoms with Crippen LogP contribution in [-0.2, 0) is 0 Å². The number of rotatable bonds is 10. The molecule has 0 unspecified atom stereocenters. The quantitative estimate of drug-likeness (QED) is 0.137. The van der Waals surface area contributed by atoms with Gasteiger partial charge in [-0.2, -0.15) is 0 Å². The van der Waals surface area contributed by atoms with Crippen LogP contribution in [0.15, 0.2) is 276 Å². The van der Waals surface area contributed by atoms with Gasteiger partial charge >= 0.3 is 0 Å². The average Bonchev–Trinajstić information content (AvgIpc) is 1.72. The van der Waals surface area contributed by atoms with Crippen molar-refractivity contribution in [1.82, 2.24) is 9.13 Å². The maximum absolute atomic E-state index is 6.86. The van der Waals surface area contributed by atoms with Gasteiger partial charge in [-0.25, -0.2) is 0 Å². The zero-order chi connectivity index (χ0) is 57.3. The maximum Gasteiger partial charge on any atom is 0.136 e. The molecule has 0 saturated heterocycles. The van der Waals surface area contributed by atoms with Crippen LogP contribution < -0.4 is 9.80 Å². The number of hydrogen-bond acceptors (Lipinski definition) is 4. The van der Waals surface area contributed by atoms with Crippen molar-refractivity contribution in [2.24, 2.45) is 0 Å². The molecule has 0 bridgehead atoms. The maximum atomic E-state index is 6.86. The topological polar surface area (TPSA) is 42.6 Å². The van der Waals surface area contributed by atoms with E-state index in [2.05, 4.69) is 314 Å². The minimum absolute atomic E-state index is 0.421. The summed E-state index contributed by atoms with van der Waals surface area (Å²) >= 11 is 0. The second-order valence-electron chi connectivity index (χ2n) is 23.7. The van der Waals surface area contributed by atoms with Crippen LogP contribution in [0.2, 0.25) is 0 Å². The standard InChI is InChI=1S/C80H58N4O2/c1-49(2)51-23-29-59(30-24-51)81(63-35-37-73-67(47-63)65-19-11-13-21-71(65)83(73)57-15-7-5-8-16-57)61-33-27-53-43-69-77(45-55(53)41-61)85-75-39-40-76-80(79(69)75)70-44-54-28-34-62(42-56(54)46-78(70)86-76)82(60-31-25-52(26-32-60)50(3)4)64-36-38-74-68(48-64)66-20-12-14-22-72(66)84(74)58-17-9-6-10-18-58/h5-50H,1-4H3. The smallest absolute Gasteiger partial charge is 0.136 e. The Hall–Kier alpha value is -10.8. The van der Waals surface area contributed by atoms with Crippen molar-refractivity contribution in [3.63, 3.8) is 0 Å². The van der Waals surface area contributed by atoms with Gasteiger partial charge in [0.05, 0.1) is 22.1 Å². The fourth-order valence-electron chi connectivity index (χ4n) is 13.7. The van der Waals surface area contributed by atoms with Gasteiger partial charge < -0.3 is 27.8 Å². The summed E-state index contributed by atoms with van der Waals surface area (Å²) in [6, 6.07) is 97.6. The molecule has 13 aromatic carbocycles. The van der Waals surface area contributed by atoms with E-state index in [0.29, 0.717) is 11.8 Å². The molecule has 6 heteroatoms. The Morgan fingerprint density at radius 2 is 0.628 bits per heavy atom. The van der Waals surface area contributed by atoms with Crippen molar-refractivity contribution in [2.45, 2.75) is 39.5 Å². The van der Waals surface area contributed by atoms with Crippen LogP contribution in [0.5, 0.6) is 0 Å². The van der Waals surface area contributed by atoms with Crippen molar-refractivity contribution in [2.75, 3.05) is 9.80 Å². The molecular formula is C80H58N4O2. The van der Waals surface area contributed by atoms with Crippen LogP contribution in [0.1, 0.15) is 50.7 Å². The molecule has 410 valence electrons. The van der Waals surface area contributed by atoms with E-state index < -0.39 is 0 Å². The van der Waals surface area contributed by atoms with Gasteiger partial charge in [0, 0.05) is 88.6 Å². The summed E-state index contributed by atoms with van der Waals surface area (Å²) in [5, 5.41) is 13.6. The van der Waals surface area contributed by atoms with Gasteiger partial charge in [0.15, 0.2) is 0 Å². The number of benzene rings is 13. The number of hydrogen-bond donors (Lipinski definition) is 0. The van der Waals surface area contributed by atoms with Gasteiger partial charge in [-0.15, -0.1) is 0 Å². The largest absolute Gasteiger partial charge is 0.456 e. The van der Waals surface area contributed by atoms with Crippen molar-refractivity contribution in [3.05, 3.63) is 278 Å². The summed E-state index contributed by atoms with van der Waals surface area (Å²) in [7, 11) is 0. The highest BCUT2D eigenvalue weighted by Gasteiger charge is 2.23. The molecule has 17 aromatic rings. The third-order valence-electron chi connectivity index (χ3n) is 18.0. The molecule has 4 aromatic heterocycles. The Balaban J connectivity index is 0.777. The van der Waals surface area contributed by atoms with Gasteiger partial charge in [0.2, 0.25) is 0 Å². The molecule has 0 fully saturated rings. The first-order valence-corrected chi connectivity index (χ1v) is 29.9. The van der Waals surface area contributed by atoms with Gasteiger partial charge in [0.25, 0.3) is 0 Å². The lowest BCUT2D eigenvalue weighted by Crippen LogP contribution is -2.10. The lowest BCUT2D eigenvalue weighted by atomic mass is 10.00. The monoisotopic (exact) mass is 1110 g/mol. The van der Waals surface area contributed by atoms with Crippen molar-refractivity contribution in [1.29, 1.82) is 0 Å². The Bertz CT molecular complexity index is 5190. The zero-order valence-corrected chi connectivity index (χ0v) is 48.2. The first-order chi connectivity index (χ1) is 42.3. The summed E-state index contributed by atoms with van der Waals surface area (Å²) in [6.07, 6.45) is 0. The normalized spacial score (nSPS) is 12.2. The molecule has 0 aliphatic carbocycles. The minimum Gasteiger partial charge on any atom is -0.456 e. The molecular weight excluding hydrogens is 1050 g/mol. The molecule has 4 heterocycles. The van der Waals surface area contributed by atoms with E-state index in [1.54, 1.807) is 0 Å². The lowest BCUT2D eigenvalue weighted by molar-refractivity contribution is 0.663. The third-order valence-corrected chi connectivity index (χ3v) is 18.0. The van der Waals surface area contributed by atoms with Crippen molar-refractivity contribution in [3.8, 4) is 11.4 Å². The summed E-state index contributed by atoms with van der Waals surface area (Å²) in [6.45, 7) is 9.00. The fraction of sp³-hybridized carbons (Fsp3) is 0.0750.